The van der Waals surface area contributed by atoms with Crippen LogP contribution in [-0.2, 0) is 16.0 Å². The molecule has 1 fully saturated rings. The summed E-state index contributed by atoms with van der Waals surface area (Å²) < 4.78 is 29.3. The lowest BCUT2D eigenvalue weighted by Gasteiger charge is -2.16. The average molecular weight is 416 g/mol. The molecule has 0 radical (unpaired) electrons. The zero-order valence-corrected chi connectivity index (χ0v) is 17.0. The molecule has 1 unspecified atom stereocenters. The van der Waals surface area contributed by atoms with E-state index in [0.29, 0.717) is 41.5 Å². The second-order valence-electron chi connectivity index (χ2n) is 6.96. The van der Waals surface area contributed by atoms with Gasteiger partial charge in [-0.15, -0.1) is 0 Å². The minimum Gasteiger partial charge on any atom is -0.493 e. The fourth-order valence-electron chi connectivity index (χ4n) is 3.28. The number of nitrogens with one attached hydrogen (secondary N) is 2. The number of carbonyl (C=O) groups excluding carboxylic acids is 2. The standard InChI is InChI=1S/C22H25FN2O5/c1-28-19-12-15(22(27)24-13-17-4-3-9-30-17)11-18(21(19)29-2)25-20(26)10-14-5-7-16(23)8-6-14/h5-8,11-12,17H,3-4,9-10,13H2,1-2H3,(H,24,27)(H,25,26). The Hall–Kier alpha value is -3.13. The minimum absolute atomic E-state index is 0.0176. The maximum Gasteiger partial charge on any atom is 0.251 e. The SMILES string of the molecule is COc1cc(C(=O)NCC2CCCO2)cc(NC(=O)Cc2ccc(F)cc2)c1OC. The van der Waals surface area contributed by atoms with Crippen molar-refractivity contribution >= 4 is 17.5 Å². The normalized spacial score (nSPS) is 15.5. The number of halogens is 1. The van der Waals surface area contributed by atoms with Crippen LogP contribution in [0.5, 0.6) is 11.5 Å². The van der Waals surface area contributed by atoms with Gasteiger partial charge >= 0.3 is 0 Å². The van der Waals surface area contributed by atoms with Gasteiger partial charge in [0.25, 0.3) is 5.91 Å². The third kappa shape index (κ3) is 5.48. The smallest absolute Gasteiger partial charge is 0.251 e. The summed E-state index contributed by atoms with van der Waals surface area (Å²) in [7, 11) is 2.90. The number of hydrogen-bond donors (Lipinski definition) is 2. The summed E-state index contributed by atoms with van der Waals surface area (Å²) >= 11 is 0. The molecular formula is C22H25FN2O5. The molecule has 1 aliphatic heterocycles. The second-order valence-corrected chi connectivity index (χ2v) is 6.96. The second kappa shape index (κ2) is 10.1. The van der Waals surface area contributed by atoms with Gasteiger partial charge in [-0.2, -0.15) is 0 Å². The van der Waals surface area contributed by atoms with E-state index >= 15 is 0 Å². The first-order valence-corrected chi connectivity index (χ1v) is 9.70. The van der Waals surface area contributed by atoms with Crippen LogP contribution >= 0.6 is 0 Å². The summed E-state index contributed by atoms with van der Waals surface area (Å²) in [5.41, 5.74) is 1.29. The molecule has 0 saturated carbocycles. The Bertz CT molecular complexity index is 895. The largest absolute Gasteiger partial charge is 0.493 e. The predicted molar refractivity (Wildman–Crippen MR) is 110 cm³/mol. The number of benzene rings is 2. The topological polar surface area (TPSA) is 85.9 Å². The van der Waals surface area contributed by atoms with Gasteiger partial charge in [0, 0.05) is 18.7 Å². The van der Waals surface area contributed by atoms with Crippen molar-refractivity contribution in [3.8, 4) is 11.5 Å². The van der Waals surface area contributed by atoms with Crippen LogP contribution in [0.1, 0.15) is 28.8 Å². The summed E-state index contributed by atoms with van der Waals surface area (Å²) in [6.45, 7) is 1.13. The number of amides is 2. The van der Waals surface area contributed by atoms with Crippen LogP contribution < -0.4 is 20.1 Å². The maximum absolute atomic E-state index is 13.1. The van der Waals surface area contributed by atoms with Crippen LogP contribution in [0, 0.1) is 5.82 Å². The molecule has 0 aromatic heterocycles. The van der Waals surface area contributed by atoms with E-state index in [-0.39, 0.29) is 30.2 Å². The molecule has 2 amide bonds. The molecule has 1 heterocycles. The van der Waals surface area contributed by atoms with Crippen LogP contribution in [-0.4, -0.2) is 45.3 Å². The Labute approximate surface area is 174 Å². The highest BCUT2D eigenvalue weighted by atomic mass is 19.1. The fraction of sp³-hybridized carbons (Fsp3) is 0.364. The molecule has 1 atom stereocenters. The van der Waals surface area contributed by atoms with Gasteiger partial charge in [0.15, 0.2) is 11.5 Å². The predicted octanol–water partition coefficient (Wildman–Crippen LogP) is 2.93. The summed E-state index contributed by atoms with van der Waals surface area (Å²) in [5.74, 6) is -0.383. The molecule has 7 nitrogen and oxygen atoms in total. The molecule has 3 rings (SSSR count). The van der Waals surface area contributed by atoms with E-state index in [1.165, 1.54) is 32.4 Å². The molecule has 2 N–H and O–H groups in total. The lowest BCUT2D eigenvalue weighted by Crippen LogP contribution is -2.31. The van der Waals surface area contributed by atoms with E-state index in [2.05, 4.69) is 10.6 Å². The molecule has 2 aromatic rings. The van der Waals surface area contributed by atoms with Gasteiger partial charge in [0.1, 0.15) is 5.82 Å². The van der Waals surface area contributed by atoms with Gasteiger partial charge in [-0.1, -0.05) is 12.1 Å². The number of methoxy groups -OCH3 is 2. The molecule has 160 valence electrons. The Morgan fingerprint density at radius 2 is 1.93 bits per heavy atom. The Morgan fingerprint density at radius 1 is 1.17 bits per heavy atom. The summed E-state index contributed by atoms with van der Waals surface area (Å²) in [4.78, 5) is 25.1. The highest BCUT2D eigenvalue weighted by Crippen LogP contribution is 2.36. The number of anilines is 1. The number of carbonyl (C=O) groups is 2. The lowest BCUT2D eigenvalue weighted by atomic mass is 10.1. The first-order valence-electron chi connectivity index (χ1n) is 9.70. The number of ether oxygens (including phenoxy) is 3. The van der Waals surface area contributed by atoms with Crippen molar-refractivity contribution in [3.63, 3.8) is 0 Å². The highest BCUT2D eigenvalue weighted by Gasteiger charge is 2.20. The van der Waals surface area contributed by atoms with Crippen LogP contribution in [0.25, 0.3) is 0 Å². The van der Waals surface area contributed by atoms with Crippen LogP contribution in [0.4, 0.5) is 10.1 Å². The van der Waals surface area contributed by atoms with Gasteiger partial charge in [-0.25, -0.2) is 4.39 Å². The third-order valence-electron chi connectivity index (χ3n) is 4.81. The molecule has 0 spiro atoms. The highest BCUT2D eigenvalue weighted by molar-refractivity contribution is 5.99. The maximum atomic E-state index is 13.1. The van der Waals surface area contributed by atoms with E-state index in [1.54, 1.807) is 18.2 Å². The summed E-state index contributed by atoms with van der Waals surface area (Å²) in [6, 6.07) is 8.77. The Balaban J connectivity index is 1.75. The van der Waals surface area contributed by atoms with Crippen molar-refractivity contribution in [3.05, 3.63) is 53.3 Å². The number of rotatable bonds is 8. The monoisotopic (exact) mass is 416 g/mol. The van der Waals surface area contributed by atoms with E-state index in [4.69, 9.17) is 14.2 Å². The first-order chi connectivity index (χ1) is 14.5. The van der Waals surface area contributed by atoms with Gasteiger partial charge < -0.3 is 24.8 Å². The fourth-order valence-corrected chi connectivity index (χ4v) is 3.28. The van der Waals surface area contributed by atoms with Crippen molar-refractivity contribution in [2.24, 2.45) is 0 Å². The molecule has 0 bridgehead atoms. The van der Waals surface area contributed by atoms with Crippen LogP contribution in [0.3, 0.4) is 0 Å². The lowest BCUT2D eigenvalue weighted by molar-refractivity contribution is -0.115. The van der Waals surface area contributed by atoms with Crippen molar-refractivity contribution in [1.29, 1.82) is 0 Å². The minimum atomic E-state index is -0.368. The molecule has 2 aromatic carbocycles. The van der Waals surface area contributed by atoms with E-state index < -0.39 is 0 Å². The molecule has 30 heavy (non-hydrogen) atoms. The molecule has 1 aliphatic rings. The molecule has 1 saturated heterocycles. The van der Waals surface area contributed by atoms with Crippen molar-refractivity contribution in [2.45, 2.75) is 25.4 Å². The van der Waals surface area contributed by atoms with Crippen LogP contribution in [0.2, 0.25) is 0 Å². The zero-order valence-electron chi connectivity index (χ0n) is 17.0. The molecular weight excluding hydrogens is 391 g/mol. The summed E-state index contributed by atoms with van der Waals surface area (Å²) in [6.07, 6.45) is 1.96. The van der Waals surface area contributed by atoms with Gasteiger partial charge in [0.2, 0.25) is 5.91 Å². The molecule has 8 heteroatoms. The quantitative estimate of drug-likeness (QED) is 0.691. The summed E-state index contributed by atoms with van der Waals surface area (Å²) in [5, 5.41) is 5.60. The van der Waals surface area contributed by atoms with E-state index in [9.17, 15) is 14.0 Å². The Morgan fingerprint density at radius 3 is 2.57 bits per heavy atom. The Kier molecular flexibility index (Phi) is 7.24. The first kappa shape index (κ1) is 21.6. The third-order valence-corrected chi connectivity index (χ3v) is 4.81. The number of hydrogen-bond acceptors (Lipinski definition) is 5. The van der Waals surface area contributed by atoms with E-state index in [1.807, 2.05) is 0 Å². The van der Waals surface area contributed by atoms with Gasteiger partial charge in [-0.05, 0) is 42.7 Å². The average Bonchev–Trinajstić information content (AvgIpc) is 3.26. The van der Waals surface area contributed by atoms with E-state index in [0.717, 1.165) is 12.8 Å². The van der Waals surface area contributed by atoms with Gasteiger partial charge in [-0.3, -0.25) is 9.59 Å². The van der Waals surface area contributed by atoms with Crippen molar-refractivity contribution < 1.29 is 28.2 Å². The zero-order chi connectivity index (χ0) is 21.5. The van der Waals surface area contributed by atoms with Crippen molar-refractivity contribution in [1.82, 2.24) is 5.32 Å². The van der Waals surface area contributed by atoms with Gasteiger partial charge in [0.05, 0.1) is 32.4 Å². The van der Waals surface area contributed by atoms with Crippen molar-refractivity contribution in [2.75, 3.05) is 32.7 Å². The van der Waals surface area contributed by atoms with Crippen LogP contribution in [0.15, 0.2) is 36.4 Å². The molecule has 0 aliphatic carbocycles.